The Kier molecular flexibility index (Phi) is 3.49. The molecule has 1 aromatic rings. The highest BCUT2D eigenvalue weighted by Gasteiger charge is 2.13. The van der Waals surface area contributed by atoms with Crippen molar-refractivity contribution in [3.05, 3.63) is 33.8 Å². The number of aliphatic imine (C=N–C) groups is 1. The quantitative estimate of drug-likeness (QED) is 0.798. The van der Waals surface area contributed by atoms with Crippen LogP contribution in [0.4, 0.5) is 0 Å². The van der Waals surface area contributed by atoms with Gasteiger partial charge in [-0.15, -0.1) is 0 Å². The molecule has 0 saturated carbocycles. The van der Waals surface area contributed by atoms with E-state index in [0.717, 1.165) is 18.4 Å². The summed E-state index contributed by atoms with van der Waals surface area (Å²) in [5.74, 6) is 0. The van der Waals surface area contributed by atoms with Crippen LogP contribution in [0.3, 0.4) is 0 Å². The third kappa shape index (κ3) is 2.64. The van der Waals surface area contributed by atoms with Gasteiger partial charge in [0, 0.05) is 0 Å². The average Bonchev–Trinajstić information content (AvgIpc) is 2.73. The molecule has 2 rings (SSSR count). The van der Waals surface area contributed by atoms with Gasteiger partial charge in [-0.25, -0.2) is 4.99 Å². The zero-order valence-electron chi connectivity index (χ0n) is 8.04. The van der Waals surface area contributed by atoms with Crippen molar-refractivity contribution in [2.45, 2.75) is 18.9 Å². The molecule has 0 amide bonds. The van der Waals surface area contributed by atoms with Gasteiger partial charge in [0.05, 0.1) is 16.1 Å². The van der Waals surface area contributed by atoms with Gasteiger partial charge in [-0.2, -0.15) is 0 Å². The first-order valence-corrected chi connectivity index (χ1v) is 5.52. The molecule has 79 valence electrons. The molecule has 0 saturated heterocycles. The topological polar surface area (TPSA) is 21.6 Å². The predicted molar refractivity (Wildman–Crippen MR) is 62.0 cm³/mol. The van der Waals surface area contributed by atoms with Gasteiger partial charge in [0.15, 0.2) is 0 Å². The molecule has 1 unspecified atom stereocenters. The Morgan fingerprint density at radius 2 is 2.33 bits per heavy atom. The van der Waals surface area contributed by atoms with Gasteiger partial charge < -0.3 is 4.74 Å². The van der Waals surface area contributed by atoms with E-state index >= 15 is 0 Å². The molecule has 1 heterocycles. The van der Waals surface area contributed by atoms with Gasteiger partial charge >= 0.3 is 0 Å². The summed E-state index contributed by atoms with van der Waals surface area (Å²) in [4.78, 5) is 4.05. The molecule has 0 N–H and O–H groups in total. The van der Waals surface area contributed by atoms with E-state index in [2.05, 4.69) is 11.4 Å². The lowest BCUT2D eigenvalue weighted by Gasteiger charge is -2.07. The van der Waals surface area contributed by atoms with Crippen molar-refractivity contribution in [1.82, 2.24) is 0 Å². The van der Waals surface area contributed by atoms with Crippen LogP contribution in [0.1, 0.15) is 12.0 Å². The van der Waals surface area contributed by atoms with Gasteiger partial charge in [0.25, 0.3) is 6.40 Å². The van der Waals surface area contributed by atoms with Crippen LogP contribution in [-0.4, -0.2) is 19.0 Å². The maximum atomic E-state index is 6.07. The van der Waals surface area contributed by atoms with Crippen molar-refractivity contribution >= 4 is 29.6 Å². The summed E-state index contributed by atoms with van der Waals surface area (Å²) in [6.07, 6.45) is 4.27. The standard InChI is InChI=1S/C11H10Cl2NO/c12-10-3-1-2-8(11(10)13)4-5-9-6-15-7-14-9/h1-3,9H,4-6H2. The van der Waals surface area contributed by atoms with Gasteiger partial charge in [-0.3, -0.25) is 0 Å². The van der Waals surface area contributed by atoms with Crippen LogP contribution >= 0.6 is 23.2 Å². The van der Waals surface area contributed by atoms with Crippen LogP contribution in [-0.2, 0) is 11.2 Å². The van der Waals surface area contributed by atoms with E-state index < -0.39 is 0 Å². The van der Waals surface area contributed by atoms with Crippen LogP contribution in [0.25, 0.3) is 0 Å². The molecular weight excluding hydrogens is 233 g/mol. The van der Waals surface area contributed by atoms with Crippen molar-refractivity contribution in [3.8, 4) is 0 Å². The Labute approximate surface area is 98.9 Å². The normalized spacial score (nSPS) is 19.2. The van der Waals surface area contributed by atoms with Crippen LogP contribution in [0.5, 0.6) is 0 Å². The molecule has 1 aliphatic rings. The molecule has 1 radical (unpaired) electrons. The fourth-order valence-electron chi connectivity index (χ4n) is 1.49. The zero-order valence-corrected chi connectivity index (χ0v) is 9.55. The molecule has 0 aliphatic carbocycles. The summed E-state index contributed by atoms with van der Waals surface area (Å²) in [6.45, 7) is 0.623. The molecule has 1 aliphatic heterocycles. The molecule has 0 fully saturated rings. The summed E-state index contributed by atoms with van der Waals surface area (Å²) in [5, 5.41) is 1.25. The van der Waals surface area contributed by atoms with Crippen molar-refractivity contribution in [2.75, 3.05) is 6.61 Å². The van der Waals surface area contributed by atoms with Crippen molar-refractivity contribution in [3.63, 3.8) is 0 Å². The molecule has 2 nitrogen and oxygen atoms in total. The summed E-state index contributed by atoms with van der Waals surface area (Å²) >= 11 is 12.0. The maximum Gasteiger partial charge on any atom is 0.273 e. The minimum atomic E-state index is 0.208. The second-order valence-electron chi connectivity index (χ2n) is 3.44. The van der Waals surface area contributed by atoms with Crippen LogP contribution in [0, 0.1) is 0 Å². The highest BCUT2D eigenvalue weighted by molar-refractivity contribution is 6.42. The number of rotatable bonds is 3. The summed E-state index contributed by atoms with van der Waals surface area (Å²) in [5.41, 5.74) is 1.06. The van der Waals surface area contributed by atoms with E-state index in [9.17, 15) is 0 Å². The molecule has 0 spiro atoms. The highest BCUT2D eigenvalue weighted by atomic mass is 35.5. The molecule has 15 heavy (non-hydrogen) atoms. The Morgan fingerprint density at radius 1 is 1.47 bits per heavy atom. The maximum absolute atomic E-state index is 6.07. The fraction of sp³-hybridized carbons (Fsp3) is 0.364. The highest BCUT2D eigenvalue weighted by Crippen LogP contribution is 2.26. The number of benzene rings is 1. The molecule has 0 bridgehead atoms. The Bertz CT molecular complexity index is 379. The van der Waals surface area contributed by atoms with Crippen molar-refractivity contribution in [1.29, 1.82) is 0 Å². The van der Waals surface area contributed by atoms with E-state index in [0.29, 0.717) is 16.7 Å². The lowest BCUT2D eigenvalue weighted by Crippen LogP contribution is -2.07. The van der Waals surface area contributed by atoms with E-state index in [-0.39, 0.29) is 6.04 Å². The summed E-state index contributed by atoms with van der Waals surface area (Å²) < 4.78 is 4.92. The Balaban J connectivity index is 1.98. The second kappa shape index (κ2) is 4.86. The third-order valence-electron chi connectivity index (χ3n) is 2.35. The Hall–Kier alpha value is -0.730. The molecule has 4 heteroatoms. The number of aryl methyl sites for hydroxylation is 1. The van der Waals surface area contributed by atoms with Crippen LogP contribution in [0.2, 0.25) is 10.0 Å². The largest absolute Gasteiger partial charge is 0.472 e. The monoisotopic (exact) mass is 242 g/mol. The van der Waals surface area contributed by atoms with Crippen molar-refractivity contribution in [2.24, 2.45) is 4.99 Å². The van der Waals surface area contributed by atoms with Gasteiger partial charge in [0.1, 0.15) is 6.61 Å². The Morgan fingerprint density at radius 3 is 3.07 bits per heavy atom. The number of hydrogen-bond donors (Lipinski definition) is 0. The van der Waals surface area contributed by atoms with E-state index in [1.165, 1.54) is 0 Å². The number of hydrogen-bond acceptors (Lipinski definition) is 2. The van der Waals surface area contributed by atoms with Gasteiger partial charge in [-0.05, 0) is 24.5 Å². The number of ether oxygens (including phenoxy) is 1. The molecular formula is C11H10Cl2NO. The predicted octanol–water partition coefficient (Wildman–Crippen LogP) is 3.23. The smallest absolute Gasteiger partial charge is 0.273 e. The first kappa shape index (κ1) is 10.8. The van der Waals surface area contributed by atoms with Crippen LogP contribution < -0.4 is 0 Å². The first-order valence-electron chi connectivity index (χ1n) is 4.77. The zero-order chi connectivity index (χ0) is 10.7. The summed E-state index contributed by atoms with van der Waals surface area (Å²) in [6, 6.07) is 5.89. The van der Waals surface area contributed by atoms with E-state index in [1.807, 2.05) is 12.1 Å². The lowest BCUT2D eigenvalue weighted by molar-refractivity contribution is 0.322. The van der Waals surface area contributed by atoms with E-state index in [4.69, 9.17) is 27.9 Å². The fourth-order valence-corrected chi connectivity index (χ4v) is 1.91. The first-order chi connectivity index (χ1) is 7.27. The molecule has 1 atom stereocenters. The van der Waals surface area contributed by atoms with Crippen LogP contribution in [0.15, 0.2) is 23.2 Å². The number of nitrogens with zero attached hydrogens (tertiary/aromatic N) is 1. The lowest BCUT2D eigenvalue weighted by atomic mass is 10.1. The minimum absolute atomic E-state index is 0.208. The van der Waals surface area contributed by atoms with Gasteiger partial charge in [0.2, 0.25) is 0 Å². The third-order valence-corrected chi connectivity index (χ3v) is 3.21. The average molecular weight is 243 g/mol. The second-order valence-corrected chi connectivity index (χ2v) is 4.22. The molecule has 1 aromatic carbocycles. The number of halogens is 2. The van der Waals surface area contributed by atoms with Crippen molar-refractivity contribution < 1.29 is 4.74 Å². The SMILES string of the molecule is Clc1cccc(CCC2CO[C]=N2)c1Cl. The minimum Gasteiger partial charge on any atom is -0.472 e. The summed E-state index contributed by atoms with van der Waals surface area (Å²) in [7, 11) is 0. The van der Waals surface area contributed by atoms with Gasteiger partial charge in [-0.1, -0.05) is 35.3 Å². The molecule has 0 aromatic heterocycles. The van der Waals surface area contributed by atoms with E-state index in [1.54, 1.807) is 6.07 Å².